The number of hydrogen-bond acceptors (Lipinski definition) is 5. The smallest absolute Gasteiger partial charge is 0.160 e. The molecule has 2 fully saturated rings. The Balaban J connectivity index is 1.73. The number of ether oxygens (including phenoxy) is 1. The summed E-state index contributed by atoms with van der Waals surface area (Å²) in [4.78, 5) is 11.0. The molecule has 0 aromatic carbocycles. The average Bonchev–Trinajstić information content (AvgIpc) is 2.84. The Morgan fingerprint density at radius 3 is 3.11 bits per heavy atom. The fraction of sp³-hybridized carbons (Fsp3) is 0.615. The highest BCUT2D eigenvalue weighted by molar-refractivity contribution is 5.86. The Morgan fingerprint density at radius 1 is 1.42 bits per heavy atom. The van der Waals surface area contributed by atoms with Crippen molar-refractivity contribution in [1.82, 2.24) is 20.2 Å². The minimum absolute atomic E-state index is 0.0542. The largest absolute Gasteiger partial charge is 0.368 e. The van der Waals surface area contributed by atoms with E-state index in [4.69, 9.17) is 4.74 Å². The van der Waals surface area contributed by atoms with Crippen LogP contribution < -0.4 is 4.90 Å². The molecule has 1 spiro atoms. The van der Waals surface area contributed by atoms with Crippen molar-refractivity contribution in [3.05, 3.63) is 12.5 Å². The lowest BCUT2D eigenvalue weighted by molar-refractivity contribution is -0.142. The summed E-state index contributed by atoms with van der Waals surface area (Å²) in [6.45, 7) is 3.94. The zero-order valence-corrected chi connectivity index (χ0v) is 11.0. The zero-order chi connectivity index (χ0) is 12.9. The second-order valence-electron chi connectivity index (χ2n) is 5.68. The highest BCUT2D eigenvalue weighted by atomic mass is 16.5. The molecule has 2 aliphatic rings. The molecule has 1 saturated heterocycles. The molecule has 0 bridgehead atoms. The van der Waals surface area contributed by atoms with Crippen LogP contribution in [0.2, 0.25) is 0 Å². The predicted octanol–water partition coefficient (Wildman–Crippen LogP) is 1.50. The monoisotopic (exact) mass is 259 g/mol. The van der Waals surface area contributed by atoms with Crippen LogP contribution in [-0.2, 0) is 4.74 Å². The first kappa shape index (κ1) is 11.2. The van der Waals surface area contributed by atoms with Gasteiger partial charge in [0.05, 0.1) is 23.3 Å². The molecule has 4 rings (SSSR count). The van der Waals surface area contributed by atoms with Crippen LogP contribution in [-0.4, -0.2) is 45.0 Å². The van der Waals surface area contributed by atoms with Gasteiger partial charge in [-0.3, -0.25) is 5.10 Å². The molecule has 1 N–H and O–H groups in total. The van der Waals surface area contributed by atoms with E-state index in [1.165, 1.54) is 6.42 Å². The van der Waals surface area contributed by atoms with Crippen molar-refractivity contribution in [3.8, 4) is 0 Å². The quantitative estimate of drug-likeness (QED) is 0.840. The van der Waals surface area contributed by atoms with E-state index < -0.39 is 0 Å². The Labute approximate surface area is 111 Å². The third-order valence-electron chi connectivity index (χ3n) is 4.20. The second-order valence-corrected chi connectivity index (χ2v) is 5.68. The van der Waals surface area contributed by atoms with Crippen molar-refractivity contribution < 1.29 is 4.74 Å². The number of aromatic nitrogens is 4. The van der Waals surface area contributed by atoms with Crippen LogP contribution in [0.3, 0.4) is 0 Å². The van der Waals surface area contributed by atoms with Gasteiger partial charge in [-0.25, -0.2) is 9.97 Å². The molecule has 2 aromatic rings. The molecule has 1 aliphatic carbocycles. The fourth-order valence-corrected chi connectivity index (χ4v) is 3.24. The van der Waals surface area contributed by atoms with Crippen molar-refractivity contribution in [2.24, 2.45) is 0 Å². The molecule has 6 nitrogen and oxygen atoms in total. The number of anilines is 1. The number of aromatic amines is 1. The maximum Gasteiger partial charge on any atom is 0.160 e. The SMILES string of the molecule is CC1CN(c2ncnc3[nH]ncc23)CC2(CCC2)O1. The van der Waals surface area contributed by atoms with E-state index in [9.17, 15) is 0 Å². The number of nitrogens with zero attached hydrogens (tertiary/aromatic N) is 4. The average molecular weight is 259 g/mol. The lowest BCUT2D eigenvalue weighted by atomic mass is 9.78. The molecule has 2 aromatic heterocycles. The lowest BCUT2D eigenvalue weighted by Gasteiger charge is -2.51. The van der Waals surface area contributed by atoms with Crippen LogP contribution in [0.15, 0.2) is 12.5 Å². The van der Waals surface area contributed by atoms with Crippen molar-refractivity contribution >= 4 is 16.9 Å². The highest BCUT2D eigenvalue weighted by Crippen LogP contribution is 2.41. The summed E-state index contributed by atoms with van der Waals surface area (Å²) in [5.74, 6) is 0.972. The molecule has 6 heteroatoms. The summed E-state index contributed by atoms with van der Waals surface area (Å²) in [5.41, 5.74) is 0.852. The summed E-state index contributed by atoms with van der Waals surface area (Å²) in [6, 6.07) is 0. The number of nitrogens with one attached hydrogen (secondary N) is 1. The van der Waals surface area contributed by atoms with Crippen LogP contribution in [0.25, 0.3) is 11.0 Å². The van der Waals surface area contributed by atoms with Gasteiger partial charge in [0.15, 0.2) is 5.65 Å². The first-order valence-electron chi connectivity index (χ1n) is 6.83. The van der Waals surface area contributed by atoms with Crippen molar-refractivity contribution in [3.63, 3.8) is 0 Å². The molecule has 3 heterocycles. The van der Waals surface area contributed by atoms with Crippen molar-refractivity contribution in [1.29, 1.82) is 0 Å². The van der Waals surface area contributed by atoms with E-state index in [-0.39, 0.29) is 11.7 Å². The van der Waals surface area contributed by atoms with E-state index in [0.717, 1.165) is 42.8 Å². The molecule has 1 atom stereocenters. The number of morpholine rings is 1. The van der Waals surface area contributed by atoms with Crippen molar-refractivity contribution in [2.75, 3.05) is 18.0 Å². The number of rotatable bonds is 1. The normalized spacial score (nSPS) is 25.7. The highest BCUT2D eigenvalue weighted by Gasteiger charge is 2.44. The van der Waals surface area contributed by atoms with E-state index in [1.54, 1.807) is 12.5 Å². The zero-order valence-electron chi connectivity index (χ0n) is 11.0. The summed E-state index contributed by atoms with van der Waals surface area (Å²) in [5, 5.41) is 7.95. The summed E-state index contributed by atoms with van der Waals surface area (Å²) < 4.78 is 6.15. The molecule has 0 amide bonds. The molecular weight excluding hydrogens is 242 g/mol. The van der Waals surface area contributed by atoms with E-state index in [2.05, 4.69) is 32.0 Å². The molecule has 0 radical (unpaired) electrons. The van der Waals surface area contributed by atoms with Gasteiger partial charge in [-0.1, -0.05) is 0 Å². The molecule has 1 unspecified atom stereocenters. The van der Waals surface area contributed by atoms with Gasteiger partial charge < -0.3 is 9.64 Å². The van der Waals surface area contributed by atoms with E-state index in [1.807, 2.05) is 0 Å². The first-order chi connectivity index (χ1) is 9.26. The Morgan fingerprint density at radius 2 is 2.32 bits per heavy atom. The lowest BCUT2D eigenvalue weighted by Crippen LogP contribution is -2.58. The van der Waals surface area contributed by atoms with Gasteiger partial charge in [-0.15, -0.1) is 0 Å². The van der Waals surface area contributed by atoms with Crippen LogP contribution in [0.1, 0.15) is 26.2 Å². The second kappa shape index (κ2) is 3.90. The maximum absolute atomic E-state index is 6.15. The molecule has 1 saturated carbocycles. The Bertz CT molecular complexity index is 606. The van der Waals surface area contributed by atoms with Crippen LogP contribution in [0.4, 0.5) is 5.82 Å². The van der Waals surface area contributed by atoms with Crippen molar-refractivity contribution in [2.45, 2.75) is 37.9 Å². The summed E-state index contributed by atoms with van der Waals surface area (Å²) >= 11 is 0. The number of fused-ring (bicyclic) bond motifs is 1. The minimum atomic E-state index is 0.0542. The standard InChI is InChI=1S/C13H17N5O/c1-9-6-18(7-13(19-9)3-2-4-13)12-10-5-16-17-11(10)14-8-15-12/h5,8-9H,2-4,6-7H2,1H3,(H,14,15,16,17). The van der Waals surface area contributed by atoms with Gasteiger partial charge in [-0.05, 0) is 26.2 Å². The maximum atomic E-state index is 6.15. The van der Waals surface area contributed by atoms with Gasteiger partial charge >= 0.3 is 0 Å². The van der Waals surface area contributed by atoms with Crippen LogP contribution >= 0.6 is 0 Å². The molecule has 100 valence electrons. The molecule has 1 aliphatic heterocycles. The Hall–Kier alpha value is -1.69. The number of H-pyrrole nitrogens is 1. The topological polar surface area (TPSA) is 66.9 Å². The van der Waals surface area contributed by atoms with Gasteiger partial charge in [0.25, 0.3) is 0 Å². The van der Waals surface area contributed by atoms with Gasteiger partial charge in [0, 0.05) is 13.1 Å². The third kappa shape index (κ3) is 1.70. The van der Waals surface area contributed by atoms with E-state index in [0.29, 0.717) is 0 Å². The number of hydrogen-bond donors (Lipinski definition) is 1. The van der Waals surface area contributed by atoms with Crippen LogP contribution in [0.5, 0.6) is 0 Å². The predicted molar refractivity (Wildman–Crippen MR) is 71.0 cm³/mol. The van der Waals surface area contributed by atoms with E-state index >= 15 is 0 Å². The fourth-order valence-electron chi connectivity index (χ4n) is 3.24. The molecular formula is C13H17N5O. The van der Waals surface area contributed by atoms with Gasteiger partial charge in [-0.2, -0.15) is 5.10 Å². The third-order valence-corrected chi connectivity index (χ3v) is 4.20. The minimum Gasteiger partial charge on any atom is -0.368 e. The van der Waals surface area contributed by atoms with Gasteiger partial charge in [0.2, 0.25) is 0 Å². The Kier molecular flexibility index (Phi) is 2.29. The van der Waals surface area contributed by atoms with Gasteiger partial charge in [0.1, 0.15) is 12.1 Å². The molecule has 19 heavy (non-hydrogen) atoms. The summed E-state index contributed by atoms with van der Waals surface area (Å²) in [7, 11) is 0. The first-order valence-corrected chi connectivity index (χ1v) is 6.83. The summed E-state index contributed by atoms with van der Waals surface area (Å²) in [6.07, 6.45) is 7.24. The van der Waals surface area contributed by atoms with Crippen LogP contribution in [0, 0.1) is 0 Å².